The largest absolute Gasteiger partial charge is 0.396 e. The lowest BCUT2D eigenvalue weighted by Gasteiger charge is -2.26. The Morgan fingerprint density at radius 1 is 1.37 bits per heavy atom. The minimum Gasteiger partial charge on any atom is -0.396 e. The lowest BCUT2D eigenvalue weighted by molar-refractivity contribution is 0.0695. The van der Waals surface area contributed by atoms with Crippen LogP contribution < -0.4 is 0 Å². The molecule has 3 nitrogen and oxygen atoms in total. The van der Waals surface area contributed by atoms with Crippen molar-refractivity contribution in [1.29, 1.82) is 0 Å². The minimum absolute atomic E-state index is 0.0564. The molecular weight excluding hydrogens is 258 g/mol. The Labute approximate surface area is 117 Å². The summed E-state index contributed by atoms with van der Waals surface area (Å²) in [6.07, 6.45) is 0.617. The van der Waals surface area contributed by atoms with E-state index in [0.29, 0.717) is 13.0 Å². The number of thiophene rings is 1. The number of hydrogen-bond acceptors (Lipinski definition) is 3. The molecule has 0 aliphatic heterocycles. The van der Waals surface area contributed by atoms with Crippen molar-refractivity contribution < 1.29 is 9.90 Å². The van der Waals surface area contributed by atoms with Crippen LogP contribution in [0.2, 0.25) is 0 Å². The van der Waals surface area contributed by atoms with Gasteiger partial charge in [-0.05, 0) is 26.3 Å². The highest BCUT2D eigenvalue weighted by molar-refractivity contribution is 7.17. The van der Waals surface area contributed by atoms with E-state index in [1.54, 1.807) is 11.3 Å². The SMILES string of the molecule is CC(C)N(CCCO)C(=O)c1csc2ccccc12. The van der Waals surface area contributed by atoms with Gasteiger partial charge in [0.15, 0.2) is 0 Å². The van der Waals surface area contributed by atoms with Crippen LogP contribution in [-0.4, -0.2) is 35.1 Å². The van der Waals surface area contributed by atoms with Crippen LogP contribution >= 0.6 is 11.3 Å². The van der Waals surface area contributed by atoms with Crippen molar-refractivity contribution in [3.05, 3.63) is 35.2 Å². The summed E-state index contributed by atoms with van der Waals surface area (Å²) in [7, 11) is 0. The summed E-state index contributed by atoms with van der Waals surface area (Å²) in [4.78, 5) is 14.4. The number of aliphatic hydroxyl groups is 1. The highest BCUT2D eigenvalue weighted by Crippen LogP contribution is 2.27. The summed E-state index contributed by atoms with van der Waals surface area (Å²) in [5, 5.41) is 11.9. The highest BCUT2D eigenvalue weighted by atomic mass is 32.1. The van der Waals surface area contributed by atoms with Crippen molar-refractivity contribution in [1.82, 2.24) is 4.90 Å². The van der Waals surface area contributed by atoms with Gasteiger partial charge in [-0.2, -0.15) is 0 Å². The second-order valence-electron chi connectivity index (χ2n) is 4.81. The molecule has 0 aliphatic carbocycles. The zero-order chi connectivity index (χ0) is 13.8. The van der Waals surface area contributed by atoms with Gasteiger partial charge in [0.1, 0.15) is 0 Å². The second-order valence-corrected chi connectivity index (χ2v) is 5.73. The fraction of sp³-hybridized carbons (Fsp3) is 0.400. The van der Waals surface area contributed by atoms with Gasteiger partial charge in [0.05, 0.1) is 5.56 Å². The lowest BCUT2D eigenvalue weighted by Crippen LogP contribution is -2.37. The summed E-state index contributed by atoms with van der Waals surface area (Å²) < 4.78 is 1.14. The Morgan fingerprint density at radius 2 is 2.11 bits per heavy atom. The summed E-state index contributed by atoms with van der Waals surface area (Å²) in [6.45, 7) is 4.71. The molecule has 1 heterocycles. The van der Waals surface area contributed by atoms with Crippen molar-refractivity contribution in [3.8, 4) is 0 Å². The number of benzene rings is 1. The third kappa shape index (κ3) is 2.96. The van der Waals surface area contributed by atoms with Crippen molar-refractivity contribution in [2.24, 2.45) is 0 Å². The van der Waals surface area contributed by atoms with Gasteiger partial charge in [0, 0.05) is 34.7 Å². The first kappa shape index (κ1) is 14.0. The molecule has 0 unspecified atom stereocenters. The smallest absolute Gasteiger partial charge is 0.255 e. The maximum atomic E-state index is 12.6. The molecule has 0 fully saturated rings. The van der Waals surface area contributed by atoms with Crippen molar-refractivity contribution in [2.45, 2.75) is 26.3 Å². The minimum atomic E-state index is 0.0564. The maximum Gasteiger partial charge on any atom is 0.255 e. The van der Waals surface area contributed by atoms with Gasteiger partial charge >= 0.3 is 0 Å². The van der Waals surface area contributed by atoms with Crippen molar-refractivity contribution >= 4 is 27.3 Å². The number of aliphatic hydroxyl groups excluding tert-OH is 1. The molecule has 0 saturated heterocycles. The molecule has 2 rings (SSSR count). The fourth-order valence-electron chi connectivity index (χ4n) is 2.13. The predicted molar refractivity (Wildman–Crippen MR) is 79.7 cm³/mol. The Kier molecular flexibility index (Phi) is 4.56. The highest BCUT2D eigenvalue weighted by Gasteiger charge is 2.20. The Morgan fingerprint density at radius 3 is 2.79 bits per heavy atom. The summed E-state index contributed by atoms with van der Waals surface area (Å²) in [5.41, 5.74) is 0.771. The quantitative estimate of drug-likeness (QED) is 0.912. The normalized spacial score (nSPS) is 11.2. The van der Waals surface area contributed by atoms with Gasteiger partial charge in [0.2, 0.25) is 0 Å². The van der Waals surface area contributed by atoms with Crippen LogP contribution in [0.5, 0.6) is 0 Å². The molecule has 0 atom stereocenters. The monoisotopic (exact) mass is 277 g/mol. The maximum absolute atomic E-state index is 12.6. The average Bonchev–Trinajstić information content (AvgIpc) is 2.82. The first-order chi connectivity index (χ1) is 9.15. The Balaban J connectivity index is 2.30. The van der Waals surface area contributed by atoms with Gasteiger partial charge < -0.3 is 10.0 Å². The average molecular weight is 277 g/mol. The van der Waals surface area contributed by atoms with Crippen LogP contribution in [-0.2, 0) is 0 Å². The van der Waals surface area contributed by atoms with Crippen LogP contribution in [0, 0.1) is 0 Å². The van der Waals surface area contributed by atoms with Crippen molar-refractivity contribution in [3.63, 3.8) is 0 Å². The van der Waals surface area contributed by atoms with Crippen LogP contribution in [0.4, 0.5) is 0 Å². The van der Waals surface area contributed by atoms with Gasteiger partial charge in [-0.25, -0.2) is 0 Å². The topological polar surface area (TPSA) is 40.5 Å². The number of nitrogens with zero attached hydrogens (tertiary/aromatic N) is 1. The lowest BCUT2D eigenvalue weighted by atomic mass is 10.1. The van der Waals surface area contributed by atoms with E-state index >= 15 is 0 Å². The molecule has 4 heteroatoms. The molecule has 0 bridgehead atoms. The van der Waals surface area contributed by atoms with E-state index in [9.17, 15) is 4.79 Å². The first-order valence-electron chi connectivity index (χ1n) is 6.53. The molecular formula is C15H19NO2S. The Hall–Kier alpha value is -1.39. The molecule has 1 amide bonds. The summed E-state index contributed by atoms with van der Waals surface area (Å²) >= 11 is 1.60. The van der Waals surface area contributed by atoms with E-state index in [0.717, 1.165) is 15.6 Å². The summed E-state index contributed by atoms with van der Waals surface area (Å²) in [6, 6.07) is 8.10. The van der Waals surface area contributed by atoms with E-state index in [2.05, 4.69) is 0 Å². The molecule has 0 saturated carbocycles. The van der Waals surface area contributed by atoms with Crippen LogP contribution in [0.25, 0.3) is 10.1 Å². The van der Waals surface area contributed by atoms with Gasteiger partial charge in [-0.15, -0.1) is 11.3 Å². The Bertz CT molecular complexity index is 562. The number of hydrogen-bond donors (Lipinski definition) is 1. The number of carbonyl (C=O) groups is 1. The third-order valence-electron chi connectivity index (χ3n) is 3.15. The van der Waals surface area contributed by atoms with E-state index in [-0.39, 0.29) is 18.6 Å². The van der Waals surface area contributed by atoms with Crippen LogP contribution in [0.3, 0.4) is 0 Å². The number of fused-ring (bicyclic) bond motifs is 1. The molecule has 0 aliphatic rings. The molecule has 1 aromatic heterocycles. The van der Waals surface area contributed by atoms with Crippen LogP contribution in [0.15, 0.2) is 29.6 Å². The molecule has 1 aromatic carbocycles. The third-order valence-corrected chi connectivity index (χ3v) is 4.12. The number of amides is 1. The molecule has 1 N–H and O–H groups in total. The molecule has 0 radical (unpaired) electrons. The molecule has 2 aromatic rings. The van der Waals surface area contributed by atoms with Gasteiger partial charge in [-0.1, -0.05) is 18.2 Å². The fourth-order valence-corrected chi connectivity index (χ4v) is 3.07. The molecule has 0 spiro atoms. The van der Waals surface area contributed by atoms with Crippen molar-refractivity contribution in [2.75, 3.05) is 13.2 Å². The van der Waals surface area contributed by atoms with E-state index in [4.69, 9.17) is 5.11 Å². The molecule has 19 heavy (non-hydrogen) atoms. The van der Waals surface area contributed by atoms with E-state index in [1.807, 2.05) is 48.4 Å². The zero-order valence-corrected chi connectivity index (χ0v) is 12.1. The summed E-state index contributed by atoms with van der Waals surface area (Å²) in [5.74, 6) is 0.0564. The van der Waals surface area contributed by atoms with Gasteiger partial charge in [0.25, 0.3) is 5.91 Å². The second kappa shape index (κ2) is 6.17. The number of rotatable bonds is 5. The van der Waals surface area contributed by atoms with Crippen LogP contribution in [0.1, 0.15) is 30.6 Å². The number of carbonyl (C=O) groups excluding carboxylic acids is 1. The van der Waals surface area contributed by atoms with E-state index < -0.39 is 0 Å². The first-order valence-corrected chi connectivity index (χ1v) is 7.41. The predicted octanol–water partition coefficient (Wildman–Crippen LogP) is 3.13. The van der Waals surface area contributed by atoms with Gasteiger partial charge in [-0.3, -0.25) is 4.79 Å². The van der Waals surface area contributed by atoms with E-state index in [1.165, 1.54) is 0 Å². The molecule has 102 valence electrons. The standard InChI is InChI=1S/C15H19NO2S/c1-11(2)16(8-5-9-17)15(18)13-10-19-14-7-4-3-6-12(13)14/h3-4,6-7,10-11,17H,5,8-9H2,1-2H3. The zero-order valence-electron chi connectivity index (χ0n) is 11.3.